The van der Waals surface area contributed by atoms with Gasteiger partial charge in [0, 0.05) is 12.3 Å². The Balaban J connectivity index is 1.56. The number of ether oxygens (including phenoxy) is 1. The second-order valence-corrected chi connectivity index (χ2v) is 8.69. The van der Waals surface area contributed by atoms with Crippen LogP contribution in [0.4, 0.5) is 0 Å². The van der Waals surface area contributed by atoms with E-state index in [2.05, 4.69) is 13.0 Å². The molecular weight excluding hydrogens is 288 g/mol. The molecule has 4 aliphatic carbocycles. The zero-order valence-corrected chi connectivity index (χ0v) is 14.5. The number of allylic oxidation sites excluding steroid dienone is 1. The summed E-state index contributed by atoms with van der Waals surface area (Å²) in [6.07, 6.45) is 11.4. The van der Waals surface area contributed by atoms with Gasteiger partial charge in [-0.1, -0.05) is 18.6 Å². The van der Waals surface area contributed by atoms with Crippen molar-refractivity contribution in [3.63, 3.8) is 0 Å². The molecule has 3 nitrogen and oxygen atoms in total. The van der Waals surface area contributed by atoms with Gasteiger partial charge in [0.2, 0.25) is 0 Å². The molecule has 0 saturated heterocycles. The molecule has 4 rings (SSSR count). The van der Waals surface area contributed by atoms with Crippen molar-refractivity contribution in [1.82, 2.24) is 0 Å². The maximum Gasteiger partial charge on any atom is 0.302 e. The van der Waals surface area contributed by atoms with E-state index >= 15 is 0 Å². The van der Waals surface area contributed by atoms with Crippen LogP contribution in [0.1, 0.15) is 65.2 Å². The molecule has 23 heavy (non-hydrogen) atoms. The first-order valence-corrected chi connectivity index (χ1v) is 9.55. The molecule has 0 amide bonds. The predicted octanol–water partition coefficient (Wildman–Crippen LogP) is 3.85. The maximum absolute atomic E-state index is 11.5. The van der Waals surface area contributed by atoms with Crippen LogP contribution in [-0.4, -0.2) is 23.3 Å². The van der Waals surface area contributed by atoms with Gasteiger partial charge in [0.05, 0.1) is 6.10 Å². The van der Waals surface area contributed by atoms with E-state index in [0.29, 0.717) is 0 Å². The van der Waals surface area contributed by atoms with E-state index in [1.165, 1.54) is 38.5 Å². The van der Waals surface area contributed by atoms with Gasteiger partial charge in [-0.3, -0.25) is 4.79 Å². The van der Waals surface area contributed by atoms with Crippen LogP contribution in [0.15, 0.2) is 11.6 Å². The van der Waals surface area contributed by atoms with E-state index in [1.54, 1.807) is 12.5 Å². The summed E-state index contributed by atoms with van der Waals surface area (Å²) in [5.74, 6) is 2.92. The number of aliphatic hydroxyl groups excluding tert-OH is 1. The highest BCUT2D eigenvalue weighted by Gasteiger charge is 2.57. The smallest absolute Gasteiger partial charge is 0.302 e. The quantitative estimate of drug-likeness (QED) is 0.590. The Morgan fingerprint density at radius 1 is 1.17 bits per heavy atom. The standard InChI is InChI=1S/C20H30O3/c1-12(21)23-19-8-7-18-17-5-3-13-11-14(22)4-6-15(13)16(17)9-10-20(18,19)2/h11,14-19,22H,3-10H2,1-2H3/t14?,15?,16?,17?,18?,19-,20-/m0/s1. The number of hydrogen-bond donors (Lipinski definition) is 1. The summed E-state index contributed by atoms with van der Waals surface area (Å²) in [5.41, 5.74) is 1.74. The molecule has 128 valence electrons. The van der Waals surface area contributed by atoms with Crippen LogP contribution in [0, 0.1) is 29.1 Å². The highest BCUT2D eigenvalue weighted by molar-refractivity contribution is 5.66. The minimum atomic E-state index is -0.202. The first-order chi connectivity index (χ1) is 11.0. The summed E-state index contributed by atoms with van der Waals surface area (Å²) in [7, 11) is 0. The largest absolute Gasteiger partial charge is 0.462 e. The first kappa shape index (κ1) is 15.7. The Labute approximate surface area is 139 Å². The van der Waals surface area contributed by atoms with Gasteiger partial charge in [-0.25, -0.2) is 0 Å². The lowest BCUT2D eigenvalue weighted by molar-refractivity contribution is -0.156. The molecule has 0 heterocycles. The van der Waals surface area contributed by atoms with Crippen LogP contribution < -0.4 is 0 Å². The molecule has 0 spiro atoms. The Morgan fingerprint density at radius 3 is 2.78 bits per heavy atom. The number of fused-ring (bicyclic) bond motifs is 5. The summed E-state index contributed by atoms with van der Waals surface area (Å²) in [5, 5.41) is 9.93. The Kier molecular flexibility index (Phi) is 3.83. The number of aliphatic hydroxyl groups is 1. The van der Waals surface area contributed by atoms with Crippen LogP contribution in [-0.2, 0) is 9.53 Å². The van der Waals surface area contributed by atoms with Crippen LogP contribution >= 0.6 is 0 Å². The van der Waals surface area contributed by atoms with Crippen molar-refractivity contribution < 1.29 is 14.6 Å². The molecule has 0 radical (unpaired) electrons. The van der Waals surface area contributed by atoms with Gasteiger partial charge in [-0.2, -0.15) is 0 Å². The summed E-state index contributed by atoms with van der Waals surface area (Å²) in [6.45, 7) is 3.93. The van der Waals surface area contributed by atoms with Gasteiger partial charge in [0.1, 0.15) is 6.10 Å². The topological polar surface area (TPSA) is 46.5 Å². The van der Waals surface area contributed by atoms with Crippen LogP contribution in [0.25, 0.3) is 0 Å². The Morgan fingerprint density at radius 2 is 2.00 bits per heavy atom. The Bertz CT molecular complexity index is 525. The van der Waals surface area contributed by atoms with E-state index in [9.17, 15) is 9.90 Å². The maximum atomic E-state index is 11.5. The molecule has 3 heteroatoms. The van der Waals surface area contributed by atoms with E-state index in [4.69, 9.17) is 4.74 Å². The van der Waals surface area contributed by atoms with E-state index in [1.807, 2.05) is 0 Å². The van der Waals surface area contributed by atoms with Gasteiger partial charge in [0.25, 0.3) is 0 Å². The summed E-state index contributed by atoms with van der Waals surface area (Å²) in [6, 6.07) is 0. The number of carbonyl (C=O) groups excluding carboxylic acids is 1. The molecule has 3 saturated carbocycles. The van der Waals surface area contributed by atoms with Crippen LogP contribution in [0.3, 0.4) is 0 Å². The average molecular weight is 318 g/mol. The third-order valence-corrected chi connectivity index (χ3v) is 7.65. The molecule has 0 bridgehead atoms. The summed E-state index contributed by atoms with van der Waals surface area (Å²) < 4.78 is 5.70. The lowest BCUT2D eigenvalue weighted by Crippen LogP contribution is -2.48. The molecule has 3 fully saturated rings. The van der Waals surface area contributed by atoms with Crippen molar-refractivity contribution in [2.75, 3.05) is 0 Å². The predicted molar refractivity (Wildman–Crippen MR) is 88.6 cm³/mol. The molecule has 0 aromatic carbocycles. The molecule has 5 unspecified atom stereocenters. The average Bonchev–Trinajstić information content (AvgIpc) is 2.83. The minimum Gasteiger partial charge on any atom is -0.462 e. The zero-order chi connectivity index (χ0) is 16.2. The molecule has 0 aromatic rings. The normalized spacial score (nSPS) is 48.7. The summed E-state index contributed by atoms with van der Waals surface area (Å²) >= 11 is 0. The van der Waals surface area contributed by atoms with Crippen molar-refractivity contribution in [3.8, 4) is 0 Å². The van der Waals surface area contributed by atoms with Gasteiger partial charge in [-0.05, 0) is 75.0 Å². The first-order valence-electron chi connectivity index (χ1n) is 9.55. The minimum absolute atomic E-state index is 0.117. The highest BCUT2D eigenvalue weighted by atomic mass is 16.5. The number of carbonyl (C=O) groups is 1. The van der Waals surface area contributed by atoms with Crippen molar-refractivity contribution >= 4 is 5.97 Å². The molecule has 0 aromatic heterocycles. The van der Waals surface area contributed by atoms with Crippen LogP contribution in [0.5, 0.6) is 0 Å². The molecule has 0 aliphatic heterocycles. The van der Waals surface area contributed by atoms with Crippen molar-refractivity contribution in [2.24, 2.45) is 29.1 Å². The lowest BCUT2D eigenvalue weighted by atomic mass is 9.52. The van der Waals surface area contributed by atoms with Gasteiger partial charge in [0.15, 0.2) is 0 Å². The second kappa shape index (κ2) is 5.61. The third-order valence-electron chi connectivity index (χ3n) is 7.65. The van der Waals surface area contributed by atoms with E-state index in [-0.39, 0.29) is 23.6 Å². The van der Waals surface area contributed by atoms with E-state index < -0.39 is 0 Å². The third kappa shape index (κ3) is 2.47. The lowest BCUT2D eigenvalue weighted by Gasteiger charge is -2.53. The fourth-order valence-electron chi connectivity index (χ4n) is 6.66. The van der Waals surface area contributed by atoms with E-state index in [0.717, 1.165) is 36.5 Å². The molecule has 1 N–H and O–H groups in total. The van der Waals surface area contributed by atoms with Crippen molar-refractivity contribution in [2.45, 2.75) is 77.4 Å². The number of hydrogen-bond acceptors (Lipinski definition) is 3. The van der Waals surface area contributed by atoms with Crippen molar-refractivity contribution in [3.05, 3.63) is 11.6 Å². The van der Waals surface area contributed by atoms with Gasteiger partial charge < -0.3 is 9.84 Å². The molecule has 7 atom stereocenters. The summed E-state index contributed by atoms with van der Waals surface area (Å²) in [4.78, 5) is 11.5. The van der Waals surface area contributed by atoms with Crippen molar-refractivity contribution in [1.29, 1.82) is 0 Å². The highest BCUT2D eigenvalue weighted by Crippen LogP contribution is 2.62. The SMILES string of the molecule is CC(=O)O[C@H]1CCC2C3CCC4=CC(O)CCC4C3CC[C@@]21C. The van der Waals surface area contributed by atoms with Gasteiger partial charge >= 0.3 is 5.97 Å². The Hall–Kier alpha value is -0.830. The second-order valence-electron chi connectivity index (χ2n) is 8.69. The number of esters is 1. The molecule has 4 aliphatic rings. The molecular formula is C20H30O3. The van der Waals surface area contributed by atoms with Crippen LogP contribution in [0.2, 0.25) is 0 Å². The van der Waals surface area contributed by atoms with Gasteiger partial charge in [-0.15, -0.1) is 0 Å². The zero-order valence-electron chi connectivity index (χ0n) is 14.5. The fraction of sp³-hybridized carbons (Fsp3) is 0.850. The monoisotopic (exact) mass is 318 g/mol. The number of rotatable bonds is 1. The fourth-order valence-corrected chi connectivity index (χ4v) is 6.66.